The monoisotopic (exact) mass is 206 g/mol. The van der Waals surface area contributed by atoms with Gasteiger partial charge in [-0.2, -0.15) is 0 Å². The topological polar surface area (TPSA) is 24.5 Å². The van der Waals surface area contributed by atoms with Gasteiger partial charge < -0.3 is 10.1 Å². The van der Waals surface area contributed by atoms with Crippen LogP contribution >= 0.6 is 0 Å². The van der Waals surface area contributed by atoms with E-state index in [2.05, 4.69) is 29.4 Å². The van der Waals surface area contributed by atoms with E-state index in [1.165, 1.54) is 5.56 Å². The first-order valence-electron chi connectivity index (χ1n) is 5.36. The van der Waals surface area contributed by atoms with Crippen molar-refractivity contribution in [1.29, 1.82) is 0 Å². The normalized spacial score (nSPS) is 22.7. The molecule has 0 radical (unpaired) electrons. The molecule has 3 nitrogen and oxygen atoms in total. The summed E-state index contributed by atoms with van der Waals surface area (Å²) in [5, 5.41) is 3.42. The fraction of sp³-hybridized carbons (Fsp3) is 0.500. The van der Waals surface area contributed by atoms with Crippen LogP contribution in [0.4, 0.5) is 0 Å². The number of nitrogens with zero attached hydrogens (tertiary/aromatic N) is 1. The molecule has 0 amide bonds. The third-order valence-corrected chi connectivity index (χ3v) is 3.01. The zero-order chi connectivity index (χ0) is 10.7. The molecule has 1 aliphatic heterocycles. The molecule has 0 spiro atoms. The Balaban J connectivity index is 2.13. The second-order valence-corrected chi connectivity index (χ2v) is 3.97. The third kappa shape index (κ3) is 2.30. The molecule has 1 N–H and O–H groups in total. The third-order valence-electron chi connectivity index (χ3n) is 3.01. The highest BCUT2D eigenvalue weighted by atomic mass is 16.5. The predicted octanol–water partition coefficient (Wildman–Crippen LogP) is 1.27. The summed E-state index contributed by atoms with van der Waals surface area (Å²) < 4.78 is 5.15. The van der Waals surface area contributed by atoms with Crippen LogP contribution in [0.15, 0.2) is 24.3 Å². The maximum Gasteiger partial charge on any atom is 0.118 e. The summed E-state index contributed by atoms with van der Waals surface area (Å²) in [6, 6.07) is 8.83. The standard InChI is InChI=1S/C12H18N2O/c1-14-8-7-13-9-12(14)10-3-5-11(15-2)6-4-10/h3-6,12-13H,7-9H2,1-2H3. The lowest BCUT2D eigenvalue weighted by Crippen LogP contribution is -2.43. The lowest BCUT2D eigenvalue weighted by Gasteiger charge is -2.33. The Morgan fingerprint density at radius 3 is 2.67 bits per heavy atom. The molecule has 0 saturated carbocycles. The van der Waals surface area contributed by atoms with Gasteiger partial charge in [-0.05, 0) is 24.7 Å². The van der Waals surface area contributed by atoms with Gasteiger partial charge in [0.05, 0.1) is 7.11 Å². The summed E-state index contributed by atoms with van der Waals surface area (Å²) >= 11 is 0. The number of hydrogen-bond donors (Lipinski definition) is 1. The molecule has 1 fully saturated rings. The molecule has 1 atom stereocenters. The Labute approximate surface area is 91.0 Å². The Bertz CT molecular complexity index is 310. The summed E-state index contributed by atoms with van der Waals surface area (Å²) in [4.78, 5) is 2.39. The second-order valence-electron chi connectivity index (χ2n) is 3.97. The molecule has 1 heterocycles. The molecule has 1 aliphatic rings. The van der Waals surface area contributed by atoms with E-state index in [0.717, 1.165) is 25.4 Å². The number of likely N-dealkylation sites (N-methyl/N-ethyl adjacent to an activating group) is 1. The van der Waals surface area contributed by atoms with Crippen molar-refractivity contribution in [3.05, 3.63) is 29.8 Å². The van der Waals surface area contributed by atoms with Gasteiger partial charge in [-0.15, -0.1) is 0 Å². The molecule has 0 bridgehead atoms. The lowest BCUT2D eigenvalue weighted by molar-refractivity contribution is 0.202. The summed E-state index contributed by atoms with van der Waals surface area (Å²) in [5.41, 5.74) is 1.35. The number of hydrogen-bond acceptors (Lipinski definition) is 3. The van der Waals surface area contributed by atoms with Crippen LogP contribution in [0, 0.1) is 0 Å². The minimum atomic E-state index is 0.490. The van der Waals surface area contributed by atoms with Gasteiger partial charge in [0, 0.05) is 25.7 Å². The highest BCUT2D eigenvalue weighted by Crippen LogP contribution is 2.22. The van der Waals surface area contributed by atoms with Crippen molar-refractivity contribution in [2.75, 3.05) is 33.8 Å². The molecule has 3 heteroatoms. The summed E-state index contributed by atoms with van der Waals surface area (Å²) in [6.45, 7) is 3.22. The molecular formula is C12H18N2O. The van der Waals surface area contributed by atoms with Gasteiger partial charge in [-0.25, -0.2) is 0 Å². The van der Waals surface area contributed by atoms with E-state index in [1.807, 2.05) is 12.1 Å². The second kappa shape index (κ2) is 4.64. The van der Waals surface area contributed by atoms with Crippen molar-refractivity contribution in [3.8, 4) is 5.75 Å². The van der Waals surface area contributed by atoms with Crippen molar-refractivity contribution in [1.82, 2.24) is 10.2 Å². The van der Waals surface area contributed by atoms with Gasteiger partial charge >= 0.3 is 0 Å². The molecule has 1 aromatic rings. The number of rotatable bonds is 2. The molecule has 1 unspecified atom stereocenters. The van der Waals surface area contributed by atoms with Crippen molar-refractivity contribution in [2.24, 2.45) is 0 Å². The molecule has 15 heavy (non-hydrogen) atoms. The Hall–Kier alpha value is -1.06. The molecule has 1 aromatic carbocycles. The van der Waals surface area contributed by atoms with Crippen LogP contribution in [0.1, 0.15) is 11.6 Å². The smallest absolute Gasteiger partial charge is 0.118 e. The molecule has 2 rings (SSSR count). The maximum absolute atomic E-state index is 5.15. The number of piperazine rings is 1. The van der Waals surface area contributed by atoms with Crippen LogP contribution < -0.4 is 10.1 Å². The highest BCUT2D eigenvalue weighted by Gasteiger charge is 2.19. The van der Waals surface area contributed by atoms with Crippen molar-refractivity contribution in [2.45, 2.75) is 6.04 Å². The maximum atomic E-state index is 5.15. The van der Waals surface area contributed by atoms with Crippen LogP contribution in [-0.2, 0) is 0 Å². The van der Waals surface area contributed by atoms with E-state index in [1.54, 1.807) is 7.11 Å². The van der Waals surface area contributed by atoms with E-state index in [4.69, 9.17) is 4.74 Å². The average Bonchev–Trinajstić information content (AvgIpc) is 2.30. The highest BCUT2D eigenvalue weighted by molar-refractivity contribution is 5.29. The summed E-state index contributed by atoms with van der Waals surface area (Å²) in [6.07, 6.45) is 0. The van der Waals surface area contributed by atoms with Crippen molar-refractivity contribution >= 4 is 0 Å². The largest absolute Gasteiger partial charge is 0.497 e. The quantitative estimate of drug-likeness (QED) is 0.788. The van der Waals surface area contributed by atoms with Crippen LogP contribution in [0.25, 0.3) is 0 Å². The molecule has 1 saturated heterocycles. The van der Waals surface area contributed by atoms with Crippen LogP contribution in [-0.4, -0.2) is 38.7 Å². The van der Waals surface area contributed by atoms with E-state index in [0.29, 0.717) is 6.04 Å². The minimum Gasteiger partial charge on any atom is -0.497 e. The number of benzene rings is 1. The minimum absolute atomic E-state index is 0.490. The van der Waals surface area contributed by atoms with Gasteiger partial charge in [-0.3, -0.25) is 4.90 Å². The number of nitrogens with one attached hydrogen (secondary N) is 1. The first-order chi connectivity index (χ1) is 7.31. The van der Waals surface area contributed by atoms with Crippen LogP contribution in [0.3, 0.4) is 0 Å². The molecule has 0 aromatic heterocycles. The Kier molecular flexibility index (Phi) is 3.23. The van der Waals surface area contributed by atoms with Crippen LogP contribution in [0.5, 0.6) is 5.75 Å². The predicted molar refractivity (Wildman–Crippen MR) is 61.2 cm³/mol. The lowest BCUT2D eigenvalue weighted by atomic mass is 10.0. The number of methoxy groups -OCH3 is 1. The molecule has 0 aliphatic carbocycles. The Morgan fingerprint density at radius 2 is 2.07 bits per heavy atom. The van der Waals surface area contributed by atoms with Crippen LogP contribution in [0.2, 0.25) is 0 Å². The van der Waals surface area contributed by atoms with Gasteiger partial charge in [0.1, 0.15) is 5.75 Å². The van der Waals surface area contributed by atoms with Crippen molar-refractivity contribution in [3.63, 3.8) is 0 Å². The summed E-state index contributed by atoms with van der Waals surface area (Å²) in [5.74, 6) is 0.921. The molecule has 82 valence electrons. The SMILES string of the molecule is COc1ccc(C2CNCCN2C)cc1. The van der Waals surface area contributed by atoms with Gasteiger partial charge in [0.15, 0.2) is 0 Å². The van der Waals surface area contributed by atoms with E-state index >= 15 is 0 Å². The summed E-state index contributed by atoms with van der Waals surface area (Å²) in [7, 11) is 3.87. The first-order valence-corrected chi connectivity index (χ1v) is 5.36. The zero-order valence-electron chi connectivity index (χ0n) is 9.36. The van der Waals surface area contributed by atoms with Gasteiger partial charge in [0.25, 0.3) is 0 Å². The fourth-order valence-electron chi connectivity index (χ4n) is 2.00. The first kappa shape index (κ1) is 10.5. The Morgan fingerprint density at radius 1 is 1.33 bits per heavy atom. The van der Waals surface area contributed by atoms with Gasteiger partial charge in [0.2, 0.25) is 0 Å². The fourth-order valence-corrected chi connectivity index (χ4v) is 2.00. The van der Waals surface area contributed by atoms with E-state index < -0.39 is 0 Å². The zero-order valence-corrected chi connectivity index (χ0v) is 9.36. The number of ether oxygens (including phenoxy) is 1. The molecular weight excluding hydrogens is 188 g/mol. The average molecular weight is 206 g/mol. The van der Waals surface area contributed by atoms with E-state index in [9.17, 15) is 0 Å². The van der Waals surface area contributed by atoms with Gasteiger partial charge in [-0.1, -0.05) is 12.1 Å². The van der Waals surface area contributed by atoms with Crippen molar-refractivity contribution < 1.29 is 4.74 Å². The van der Waals surface area contributed by atoms with E-state index in [-0.39, 0.29) is 0 Å².